The molecule has 0 radical (unpaired) electrons. The van der Waals surface area contributed by atoms with Crippen molar-refractivity contribution >= 4 is 0 Å². The molecule has 1 rings (SSSR count). The monoisotopic (exact) mass is 221 g/mol. The van der Waals surface area contributed by atoms with Gasteiger partial charge in [0.2, 0.25) is 0 Å². The molecule has 90 valence electrons. The Morgan fingerprint density at radius 1 is 1.12 bits per heavy atom. The van der Waals surface area contributed by atoms with E-state index >= 15 is 0 Å². The molecule has 0 aliphatic carbocycles. The Morgan fingerprint density at radius 2 is 1.81 bits per heavy atom. The van der Waals surface area contributed by atoms with Crippen molar-refractivity contribution in [1.82, 2.24) is 4.98 Å². The number of hydrogen-bond acceptors (Lipinski definition) is 1. The van der Waals surface area contributed by atoms with Crippen molar-refractivity contribution in [2.45, 2.75) is 53.5 Å². The van der Waals surface area contributed by atoms with Gasteiger partial charge < -0.3 is 0 Å². The molecule has 0 unspecified atom stereocenters. The molecule has 2 heteroatoms. The molecule has 0 saturated carbocycles. The van der Waals surface area contributed by atoms with Gasteiger partial charge in [-0.1, -0.05) is 32.7 Å². The van der Waals surface area contributed by atoms with Gasteiger partial charge in [0.25, 0.3) is 5.82 Å². The summed E-state index contributed by atoms with van der Waals surface area (Å²) in [6.07, 6.45) is 7.60. The molecule has 0 atom stereocenters. The summed E-state index contributed by atoms with van der Waals surface area (Å²) in [6, 6.07) is 2.03. The summed E-state index contributed by atoms with van der Waals surface area (Å²) in [5, 5.41) is 0. The van der Waals surface area contributed by atoms with E-state index in [2.05, 4.69) is 43.4 Å². The van der Waals surface area contributed by atoms with Crippen molar-refractivity contribution in [2.75, 3.05) is 0 Å². The molecule has 1 heterocycles. The fourth-order valence-electron chi connectivity index (χ4n) is 1.66. The van der Waals surface area contributed by atoms with Gasteiger partial charge in [-0.05, 0) is 24.7 Å². The van der Waals surface area contributed by atoms with Crippen molar-refractivity contribution in [1.29, 1.82) is 0 Å². The molecule has 1 aromatic rings. The zero-order chi connectivity index (χ0) is 12.0. The highest BCUT2D eigenvalue weighted by Crippen LogP contribution is 2.04. The number of hydrogen-bond donors (Lipinski definition) is 0. The van der Waals surface area contributed by atoms with E-state index in [0.29, 0.717) is 0 Å². The highest BCUT2D eigenvalue weighted by Gasteiger charge is 2.11. The summed E-state index contributed by atoms with van der Waals surface area (Å²) >= 11 is 0. The van der Waals surface area contributed by atoms with Crippen molar-refractivity contribution < 1.29 is 4.57 Å². The SMILES string of the molecule is CC(C)CCc1nccc[n+]1CCC(C)C. The maximum absolute atomic E-state index is 4.49. The normalized spacial score (nSPS) is 11.4. The second kappa shape index (κ2) is 6.62. The molecular formula is C14H25N2+. The zero-order valence-corrected chi connectivity index (χ0v) is 11.1. The lowest BCUT2D eigenvalue weighted by molar-refractivity contribution is -0.708. The van der Waals surface area contributed by atoms with Crippen LogP contribution in [0.15, 0.2) is 18.5 Å². The van der Waals surface area contributed by atoms with Gasteiger partial charge in [-0.25, -0.2) is 4.57 Å². The van der Waals surface area contributed by atoms with Crippen molar-refractivity contribution in [3.05, 3.63) is 24.3 Å². The molecule has 1 aromatic heterocycles. The van der Waals surface area contributed by atoms with Crippen LogP contribution in [0.5, 0.6) is 0 Å². The highest BCUT2D eigenvalue weighted by molar-refractivity contribution is 4.80. The predicted molar refractivity (Wildman–Crippen MR) is 67.0 cm³/mol. The summed E-state index contributed by atoms with van der Waals surface area (Å²) < 4.78 is 2.31. The van der Waals surface area contributed by atoms with Crippen molar-refractivity contribution in [3.63, 3.8) is 0 Å². The van der Waals surface area contributed by atoms with E-state index in [4.69, 9.17) is 0 Å². The predicted octanol–water partition coefficient (Wildman–Crippen LogP) is 3.00. The minimum absolute atomic E-state index is 0.751. The number of aryl methyl sites for hydroxylation is 2. The molecule has 0 bridgehead atoms. The quantitative estimate of drug-likeness (QED) is 0.675. The van der Waals surface area contributed by atoms with Crippen LogP contribution in [-0.4, -0.2) is 4.98 Å². The van der Waals surface area contributed by atoms with Crippen LogP contribution in [0.1, 0.15) is 46.4 Å². The Bertz CT molecular complexity index is 274. The third-order valence-electron chi connectivity index (χ3n) is 2.80. The smallest absolute Gasteiger partial charge is 0.235 e. The molecular weight excluding hydrogens is 196 g/mol. The van der Waals surface area contributed by atoms with E-state index < -0.39 is 0 Å². The zero-order valence-electron chi connectivity index (χ0n) is 11.1. The first-order valence-electron chi connectivity index (χ1n) is 6.43. The van der Waals surface area contributed by atoms with E-state index in [0.717, 1.165) is 24.8 Å². The van der Waals surface area contributed by atoms with Crippen LogP contribution in [0.4, 0.5) is 0 Å². The molecule has 0 amide bonds. The first-order valence-corrected chi connectivity index (χ1v) is 6.43. The summed E-state index contributed by atoms with van der Waals surface area (Å²) in [4.78, 5) is 4.49. The van der Waals surface area contributed by atoms with Crippen LogP contribution in [0, 0.1) is 11.8 Å². The lowest BCUT2D eigenvalue weighted by Gasteiger charge is -2.07. The Hall–Kier alpha value is -0.920. The van der Waals surface area contributed by atoms with Crippen LogP contribution in [0.25, 0.3) is 0 Å². The summed E-state index contributed by atoms with van der Waals surface area (Å²) in [5.74, 6) is 2.74. The third-order valence-corrected chi connectivity index (χ3v) is 2.80. The molecule has 0 aromatic carbocycles. The molecule has 0 aliphatic heterocycles. The van der Waals surface area contributed by atoms with Crippen LogP contribution in [0.3, 0.4) is 0 Å². The largest absolute Gasteiger partial charge is 0.298 e. The summed E-state index contributed by atoms with van der Waals surface area (Å²) in [7, 11) is 0. The van der Waals surface area contributed by atoms with E-state index in [9.17, 15) is 0 Å². The van der Waals surface area contributed by atoms with Crippen LogP contribution >= 0.6 is 0 Å². The van der Waals surface area contributed by atoms with E-state index in [1.807, 2.05) is 12.3 Å². The van der Waals surface area contributed by atoms with Crippen LogP contribution < -0.4 is 4.57 Å². The number of rotatable bonds is 6. The van der Waals surface area contributed by atoms with Gasteiger partial charge in [0, 0.05) is 6.07 Å². The molecule has 0 aliphatic rings. The first-order chi connectivity index (χ1) is 7.59. The first kappa shape index (κ1) is 13.1. The Labute approximate surface area is 99.7 Å². The lowest BCUT2D eigenvalue weighted by atomic mass is 10.1. The molecule has 16 heavy (non-hydrogen) atoms. The molecule has 0 saturated heterocycles. The van der Waals surface area contributed by atoms with Gasteiger partial charge in [-0.3, -0.25) is 0 Å². The van der Waals surface area contributed by atoms with Crippen LogP contribution in [-0.2, 0) is 13.0 Å². The molecule has 2 nitrogen and oxygen atoms in total. The fourth-order valence-corrected chi connectivity index (χ4v) is 1.66. The Morgan fingerprint density at radius 3 is 2.44 bits per heavy atom. The van der Waals surface area contributed by atoms with E-state index in [1.165, 1.54) is 18.7 Å². The van der Waals surface area contributed by atoms with Crippen molar-refractivity contribution in [2.24, 2.45) is 11.8 Å². The fraction of sp³-hybridized carbons (Fsp3) is 0.714. The van der Waals surface area contributed by atoms with Crippen LogP contribution in [0.2, 0.25) is 0 Å². The average Bonchev–Trinajstić information content (AvgIpc) is 2.24. The Balaban J connectivity index is 2.60. The number of nitrogens with zero attached hydrogens (tertiary/aromatic N) is 2. The maximum atomic E-state index is 4.49. The highest BCUT2D eigenvalue weighted by atomic mass is 15.0. The van der Waals surface area contributed by atoms with Gasteiger partial charge in [0.15, 0.2) is 0 Å². The third kappa shape index (κ3) is 4.73. The maximum Gasteiger partial charge on any atom is 0.298 e. The van der Waals surface area contributed by atoms with Gasteiger partial charge >= 0.3 is 0 Å². The summed E-state index contributed by atoms with van der Waals surface area (Å²) in [6.45, 7) is 10.2. The van der Waals surface area contributed by atoms with Gasteiger partial charge in [-0.2, -0.15) is 0 Å². The van der Waals surface area contributed by atoms with E-state index in [-0.39, 0.29) is 0 Å². The minimum Gasteiger partial charge on any atom is -0.235 e. The van der Waals surface area contributed by atoms with Gasteiger partial charge in [0.1, 0.15) is 6.20 Å². The van der Waals surface area contributed by atoms with Gasteiger partial charge in [0.05, 0.1) is 19.2 Å². The average molecular weight is 221 g/mol. The second-order valence-corrected chi connectivity index (χ2v) is 5.34. The topological polar surface area (TPSA) is 16.8 Å². The molecule has 0 N–H and O–H groups in total. The standard InChI is InChI=1S/C14H25N2/c1-12(2)6-7-14-15-9-5-10-16(14)11-8-13(3)4/h5,9-10,12-13H,6-8,11H2,1-4H3/q+1. The Kier molecular flexibility index (Phi) is 5.44. The minimum atomic E-state index is 0.751. The molecule has 0 fully saturated rings. The second-order valence-electron chi connectivity index (χ2n) is 5.34. The molecule has 0 spiro atoms. The van der Waals surface area contributed by atoms with Crippen molar-refractivity contribution in [3.8, 4) is 0 Å². The lowest BCUT2D eigenvalue weighted by Crippen LogP contribution is -2.39. The number of aromatic nitrogens is 2. The summed E-state index contributed by atoms with van der Waals surface area (Å²) in [5.41, 5.74) is 0. The van der Waals surface area contributed by atoms with E-state index in [1.54, 1.807) is 0 Å². The van der Waals surface area contributed by atoms with Gasteiger partial charge in [-0.15, -0.1) is 0 Å².